The molecule has 90 valence electrons. The van der Waals surface area contributed by atoms with Gasteiger partial charge in [0, 0.05) is 22.2 Å². The molecule has 0 heterocycles. The van der Waals surface area contributed by atoms with E-state index < -0.39 is 12.1 Å². The predicted octanol–water partition coefficient (Wildman–Crippen LogP) is 1.74. The van der Waals surface area contributed by atoms with Crippen LogP contribution in [-0.2, 0) is 0 Å². The number of aliphatic hydroxyl groups is 1. The molecule has 0 amide bonds. The van der Waals surface area contributed by atoms with E-state index in [1.807, 2.05) is 0 Å². The summed E-state index contributed by atoms with van der Waals surface area (Å²) in [6.45, 7) is 3.37. The van der Waals surface area contributed by atoms with E-state index in [-0.39, 0.29) is 17.1 Å². The van der Waals surface area contributed by atoms with Gasteiger partial charge in [-0.15, -0.1) is 0 Å². The van der Waals surface area contributed by atoms with Gasteiger partial charge in [0.15, 0.2) is 11.5 Å². The Balaban J connectivity index is 3.36. The maximum Gasteiger partial charge on any atom is 0.165 e. The maximum absolute atomic E-state index is 9.91. The fourth-order valence-electron chi connectivity index (χ4n) is 1.49. The van der Waals surface area contributed by atoms with Crippen molar-refractivity contribution in [3.05, 3.63) is 22.2 Å². The molecule has 0 saturated carbocycles. The summed E-state index contributed by atoms with van der Waals surface area (Å²) >= 11 is 5.98. The van der Waals surface area contributed by atoms with Gasteiger partial charge < -0.3 is 20.7 Å². The van der Waals surface area contributed by atoms with Crippen molar-refractivity contribution in [1.29, 1.82) is 0 Å². The van der Waals surface area contributed by atoms with E-state index in [9.17, 15) is 10.2 Å². The zero-order valence-electron chi connectivity index (χ0n) is 9.49. The smallest absolute Gasteiger partial charge is 0.165 e. The average Bonchev–Trinajstić information content (AvgIpc) is 2.23. The van der Waals surface area contributed by atoms with Crippen LogP contribution in [0.2, 0.25) is 5.02 Å². The van der Waals surface area contributed by atoms with E-state index >= 15 is 0 Å². The Bertz CT molecular complexity index is 393. The number of methoxy groups -OCH3 is 1. The second-order valence-electron chi connectivity index (χ2n) is 3.76. The van der Waals surface area contributed by atoms with E-state index in [0.29, 0.717) is 10.6 Å². The largest absolute Gasteiger partial charge is 0.504 e. The molecule has 2 unspecified atom stereocenters. The van der Waals surface area contributed by atoms with Crippen LogP contribution >= 0.6 is 11.6 Å². The summed E-state index contributed by atoms with van der Waals surface area (Å²) < 4.78 is 5.04. The lowest BCUT2D eigenvalue weighted by Gasteiger charge is -2.19. The van der Waals surface area contributed by atoms with Crippen molar-refractivity contribution in [2.24, 2.45) is 5.73 Å². The second-order valence-corrected chi connectivity index (χ2v) is 4.17. The standard InChI is InChI=1S/C11H16ClNO3/c1-5-8(12)4-7(9(14)6(2)13)10(15)11(5)16-3/h4,6,9,14-15H,13H2,1-3H3. The number of hydrogen-bond acceptors (Lipinski definition) is 4. The summed E-state index contributed by atoms with van der Waals surface area (Å²) in [5, 5.41) is 20.1. The summed E-state index contributed by atoms with van der Waals surface area (Å²) in [6.07, 6.45) is -0.980. The molecule has 1 aromatic rings. The molecule has 0 spiro atoms. The van der Waals surface area contributed by atoms with Crippen LogP contribution in [0.25, 0.3) is 0 Å². The van der Waals surface area contributed by atoms with Gasteiger partial charge in [0.2, 0.25) is 0 Å². The molecule has 5 heteroatoms. The molecule has 4 nitrogen and oxygen atoms in total. The minimum Gasteiger partial charge on any atom is -0.504 e. The molecule has 0 bridgehead atoms. The molecule has 0 radical (unpaired) electrons. The van der Waals surface area contributed by atoms with Crippen LogP contribution < -0.4 is 10.5 Å². The van der Waals surface area contributed by atoms with Crippen molar-refractivity contribution in [2.75, 3.05) is 7.11 Å². The molecular weight excluding hydrogens is 230 g/mol. The highest BCUT2D eigenvalue weighted by Crippen LogP contribution is 2.40. The third kappa shape index (κ3) is 2.24. The van der Waals surface area contributed by atoms with Crippen molar-refractivity contribution < 1.29 is 14.9 Å². The molecule has 1 aromatic carbocycles. The van der Waals surface area contributed by atoms with Crippen molar-refractivity contribution in [3.63, 3.8) is 0 Å². The molecule has 1 rings (SSSR count). The first-order valence-corrected chi connectivity index (χ1v) is 5.27. The maximum atomic E-state index is 9.91. The minimum absolute atomic E-state index is 0.116. The van der Waals surface area contributed by atoms with Crippen molar-refractivity contribution in [1.82, 2.24) is 0 Å². The fourth-order valence-corrected chi connectivity index (χ4v) is 1.69. The predicted molar refractivity (Wildman–Crippen MR) is 63.0 cm³/mol. The Labute approximate surface area is 99.6 Å². The lowest BCUT2D eigenvalue weighted by Crippen LogP contribution is -2.24. The topological polar surface area (TPSA) is 75.7 Å². The Kier molecular flexibility index (Phi) is 4.02. The lowest BCUT2D eigenvalue weighted by molar-refractivity contribution is 0.149. The number of hydrogen-bond donors (Lipinski definition) is 3. The number of ether oxygens (including phenoxy) is 1. The van der Waals surface area contributed by atoms with Gasteiger partial charge in [0.05, 0.1) is 13.2 Å². The van der Waals surface area contributed by atoms with Crippen LogP contribution in [0.1, 0.15) is 24.2 Å². The monoisotopic (exact) mass is 245 g/mol. The molecular formula is C11H16ClNO3. The first-order valence-electron chi connectivity index (χ1n) is 4.89. The second kappa shape index (κ2) is 4.91. The Morgan fingerprint density at radius 1 is 1.50 bits per heavy atom. The molecule has 2 atom stereocenters. The van der Waals surface area contributed by atoms with Gasteiger partial charge in [-0.2, -0.15) is 0 Å². The molecule has 0 aliphatic heterocycles. The van der Waals surface area contributed by atoms with Crippen molar-refractivity contribution in [3.8, 4) is 11.5 Å². The third-order valence-electron chi connectivity index (χ3n) is 2.49. The summed E-state index contributed by atoms with van der Waals surface area (Å²) in [7, 11) is 1.43. The highest BCUT2D eigenvalue weighted by molar-refractivity contribution is 6.31. The van der Waals surface area contributed by atoms with Crippen LogP contribution in [0.15, 0.2) is 6.07 Å². The van der Waals surface area contributed by atoms with Crippen molar-refractivity contribution in [2.45, 2.75) is 26.0 Å². The molecule has 4 N–H and O–H groups in total. The minimum atomic E-state index is -0.980. The fraction of sp³-hybridized carbons (Fsp3) is 0.455. The van der Waals surface area contributed by atoms with Gasteiger partial charge in [-0.05, 0) is 19.9 Å². The van der Waals surface area contributed by atoms with Crippen LogP contribution in [-0.4, -0.2) is 23.4 Å². The molecule has 0 aliphatic rings. The quantitative estimate of drug-likeness (QED) is 0.758. The SMILES string of the molecule is COc1c(C)c(Cl)cc(C(O)C(C)N)c1O. The highest BCUT2D eigenvalue weighted by atomic mass is 35.5. The number of nitrogens with two attached hydrogens (primary N) is 1. The number of aliphatic hydroxyl groups excluding tert-OH is 1. The molecule has 16 heavy (non-hydrogen) atoms. The van der Waals surface area contributed by atoms with E-state index in [1.165, 1.54) is 13.2 Å². The zero-order chi connectivity index (χ0) is 12.5. The lowest BCUT2D eigenvalue weighted by atomic mass is 10.0. The highest BCUT2D eigenvalue weighted by Gasteiger charge is 2.22. The molecule has 0 aliphatic carbocycles. The number of aromatic hydroxyl groups is 1. The van der Waals surface area contributed by atoms with Crippen LogP contribution in [0.5, 0.6) is 11.5 Å². The number of rotatable bonds is 3. The summed E-state index contributed by atoms with van der Waals surface area (Å²) in [6, 6.07) is 0.998. The Morgan fingerprint density at radius 3 is 2.50 bits per heavy atom. The van der Waals surface area contributed by atoms with Gasteiger partial charge in [-0.1, -0.05) is 11.6 Å². The van der Waals surface area contributed by atoms with E-state index in [1.54, 1.807) is 13.8 Å². The van der Waals surface area contributed by atoms with Gasteiger partial charge in [0.1, 0.15) is 0 Å². The normalized spacial score (nSPS) is 14.6. The summed E-state index contributed by atoms with van der Waals surface area (Å²) in [4.78, 5) is 0. The first-order chi connectivity index (χ1) is 7.40. The number of phenolic OH excluding ortho intramolecular Hbond substituents is 1. The Hall–Kier alpha value is -0.970. The van der Waals surface area contributed by atoms with Crippen molar-refractivity contribution >= 4 is 11.6 Å². The zero-order valence-corrected chi connectivity index (χ0v) is 10.2. The van der Waals surface area contributed by atoms with E-state index in [2.05, 4.69) is 0 Å². The molecule has 0 fully saturated rings. The van der Waals surface area contributed by atoms with Gasteiger partial charge >= 0.3 is 0 Å². The number of benzene rings is 1. The third-order valence-corrected chi connectivity index (χ3v) is 2.88. The number of phenols is 1. The number of halogens is 1. The molecule has 0 saturated heterocycles. The van der Waals surface area contributed by atoms with Crippen LogP contribution in [0.4, 0.5) is 0 Å². The summed E-state index contributed by atoms with van der Waals surface area (Å²) in [5.74, 6) is 0.149. The average molecular weight is 246 g/mol. The Morgan fingerprint density at radius 2 is 2.06 bits per heavy atom. The summed E-state index contributed by atoms with van der Waals surface area (Å²) in [5.41, 5.74) is 6.48. The van der Waals surface area contributed by atoms with Crippen LogP contribution in [0, 0.1) is 6.92 Å². The van der Waals surface area contributed by atoms with Gasteiger partial charge in [-0.3, -0.25) is 0 Å². The first kappa shape index (κ1) is 13.1. The van der Waals surface area contributed by atoms with Crippen LogP contribution in [0.3, 0.4) is 0 Å². The van der Waals surface area contributed by atoms with Gasteiger partial charge in [0.25, 0.3) is 0 Å². The van der Waals surface area contributed by atoms with E-state index in [0.717, 1.165) is 0 Å². The van der Waals surface area contributed by atoms with E-state index in [4.69, 9.17) is 22.1 Å². The molecule has 0 aromatic heterocycles. The van der Waals surface area contributed by atoms with Gasteiger partial charge in [-0.25, -0.2) is 0 Å².